The molecule has 0 aliphatic rings. The maximum absolute atomic E-state index is 12.4. The van der Waals surface area contributed by atoms with Crippen molar-refractivity contribution in [3.63, 3.8) is 0 Å². The van der Waals surface area contributed by atoms with E-state index in [9.17, 15) is 28.1 Å². The van der Waals surface area contributed by atoms with Crippen LogP contribution >= 0.6 is 11.8 Å². The molecule has 2 aromatic rings. The molecular formula is C17H17N3O7S2. The molecule has 0 aliphatic heterocycles. The van der Waals surface area contributed by atoms with Crippen LogP contribution in [0.3, 0.4) is 0 Å². The third kappa shape index (κ3) is 6.27. The summed E-state index contributed by atoms with van der Waals surface area (Å²) in [5.41, 5.74) is 0.0724. The summed E-state index contributed by atoms with van der Waals surface area (Å²) >= 11 is 1.10. The first kappa shape index (κ1) is 22.3. The third-order valence-electron chi connectivity index (χ3n) is 3.65. The van der Waals surface area contributed by atoms with Gasteiger partial charge in [-0.1, -0.05) is 0 Å². The van der Waals surface area contributed by atoms with Crippen molar-refractivity contribution in [2.24, 2.45) is 5.14 Å². The van der Waals surface area contributed by atoms with Crippen LogP contribution < -0.4 is 10.5 Å². The Hall–Kier alpha value is -2.96. The van der Waals surface area contributed by atoms with Crippen molar-refractivity contribution in [2.45, 2.75) is 16.2 Å². The van der Waals surface area contributed by atoms with Crippen molar-refractivity contribution in [3.8, 4) is 0 Å². The molecule has 10 nitrogen and oxygen atoms in total. The number of nitro benzene ring substituents is 1. The van der Waals surface area contributed by atoms with Crippen LogP contribution in [0.15, 0.2) is 52.3 Å². The summed E-state index contributed by atoms with van der Waals surface area (Å²) in [4.78, 5) is 34.5. The largest absolute Gasteiger partial charge is 0.469 e. The van der Waals surface area contributed by atoms with Crippen molar-refractivity contribution < 1.29 is 27.7 Å². The van der Waals surface area contributed by atoms with Crippen LogP contribution in [0, 0.1) is 10.1 Å². The number of sulfonamides is 1. The van der Waals surface area contributed by atoms with E-state index in [-0.39, 0.29) is 28.3 Å². The Kier molecular flexibility index (Phi) is 7.31. The predicted octanol–water partition coefficient (Wildman–Crippen LogP) is 2.15. The van der Waals surface area contributed by atoms with Crippen LogP contribution in [0.5, 0.6) is 0 Å². The highest BCUT2D eigenvalue weighted by molar-refractivity contribution is 7.99. The highest BCUT2D eigenvalue weighted by Crippen LogP contribution is 2.31. The minimum atomic E-state index is -3.85. The van der Waals surface area contributed by atoms with E-state index in [0.717, 1.165) is 17.8 Å². The van der Waals surface area contributed by atoms with E-state index in [2.05, 4.69) is 10.1 Å². The molecule has 0 heterocycles. The molecule has 0 spiro atoms. The zero-order valence-electron chi connectivity index (χ0n) is 15.2. The normalized spacial score (nSPS) is 11.0. The summed E-state index contributed by atoms with van der Waals surface area (Å²) in [7, 11) is -2.60. The summed E-state index contributed by atoms with van der Waals surface area (Å²) in [6.07, 6.45) is 0.0923. The fourth-order valence-electron chi connectivity index (χ4n) is 2.20. The van der Waals surface area contributed by atoms with Gasteiger partial charge in [-0.25, -0.2) is 13.6 Å². The van der Waals surface area contributed by atoms with Gasteiger partial charge in [-0.05, 0) is 36.4 Å². The molecule has 154 valence electrons. The molecule has 3 N–H and O–H groups in total. The summed E-state index contributed by atoms with van der Waals surface area (Å²) in [5, 5.41) is 18.9. The number of benzene rings is 2. The molecule has 2 rings (SSSR count). The highest BCUT2D eigenvalue weighted by Gasteiger charge is 2.19. The van der Waals surface area contributed by atoms with Gasteiger partial charge in [-0.3, -0.25) is 19.7 Å². The number of anilines is 1. The van der Waals surface area contributed by atoms with Crippen molar-refractivity contribution in [1.82, 2.24) is 0 Å². The van der Waals surface area contributed by atoms with Crippen LogP contribution in [0.1, 0.15) is 16.8 Å². The van der Waals surface area contributed by atoms with Gasteiger partial charge in [0.15, 0.2) is 0 Å². The van der Waals surface area contributed by atoms with Crippen LogP contribution in [0.2, 0.25) is 0 Å². The number of nitrogens with zero attached hydrogens (tertiary/aromatic N) is 1. The lowest BCUT2D eigenvalue weighted by Crippen LogP contribution is -2.14. The van der Waals surface area contributed by atoms with Gasteiger partial charge in [-0.15, -0.1) is 11.8 Å². The number of esters is 1. The van der Waals surface area contributed by atoms with Gasteiger partial charge in [0.1, 0.15) is 0 Å². The smallest absolute Gasteiger partial charge is 0.306 e. The number of rotatable bonds is 8. The summed E-state index contributed by atoms with van der Waals surface area (Å²) in [6, 6.07) is 9.14. The number of carbonyl (C=O) groups excluding carboxylic acids is 2. The number of primary sulfonamides is 1. The van der Waals surface area contributed by atoms with E-state index in [0.29, 0.717) is 10.6 Å². The van der Waals surface area contributed by atoms with Gasteiger partial charge in [0.25, 0.3) is 11.6 Å². The van der Waals surface area contributed by atoms with Crippen LogP contribution in [0.4, 0.5) is 11.4 Å². The van der Waals surface area contributed by atoms with Crippen molar-refractivity contribution in [1.29, 1.82) is 0 Å². The minimum Gasteiger partial charge on any atom is -0.469 e. The second-order valence-electron chi connectivity index (χ2n) is 5.64. The quantitative estimate of drug-likeness (QED) is 0.274. The monoisotopic (exact) mass is 439 g/mol. The maximum atomic E-state index is 12.4. The van der Waals surface area contributed by atoms with E-state index >= 15 is 0 Å². The molecule has 0 bridgehead atoms. The Labute approximate surface area is 170 Å². The standard InChI is InChI=1S/C17H17N3O7S2/c1-27-16(21)8-9-28-15-7-2-11(10-14(15)20(23)24)17(22)19-12-3-5-13(6-4-12)29(18,25)26/h2-7,10H,8-9H2,1H3,(H,19,22)(H2,18,25,26). The maximum Gasteiger partial charge on any atom is 0.306 e. The molecule has 0 fully saturated rings. The molecule has 0 radical (unpaired) electrons. The molecule has 0 saturated heterocycles. The number of nitro groups is 1. The van der Waals surface area contributed by atoms with Gasteiger partial charge in [0.2, 0.25) is 10.0 Å². The Bertz CT molecular complexity index is 1040. The Morgan fingerprint density at radius 1 is 1.21 bits per heavy atom. The minimum absolute atomic E-state index is 0.0459. The average Bonchev–Trinajstić information content (AvgIpc) is 2.67. The topological polar surface area (TPSA) is 159 Å². The molecule has 0 saturated carbocycles. The SMILES string of the molecule is COC(=O)CCSc1ccc(C(=O)Nc2ccc(S(N)(=O)=O)cc2)cc1[N+](=O)[O-]. The first-order chi connectivity index (χ1) is 13.6. The molecule has 0 aliphatic carbocycles. The number of methoxy groups -OCH3 is 1. The second kappa shape index (κ2) is 9.49. The fourth-order valence-corrected chi connectivity index (χ4v) is 3.65. The van der Waals surface area contributed by atoms with E-state index in [1.807, 2.05) is 0 Å². The lowest BCUT2D eigenvalue weighted by Gasteiger charge is -2.08. The number of nitrogens with one attached hydrogen (secondary N) is 1. The molecular weight excluding hydrogens is 422 g/mol. The van der Waals surface area contributed by atoms with Crippen molar-refractivity contribution >= 4 is 45.0 Å². The zero-order chi connectivity index (χ0) is 21.6. The molecule has 29 heavy (non-hydrogen) atoms. The lowest BCUT2D eigenvalue weighted by molar-refractivity contribution is -0.387. The van der Waals surface area contributed by atoms with E-state index in [1.165, 1.54) is 43.5 Å². The number of ether oxygens (including phenoxy) is 1. The Morgan fingerprint density at radius 3 is 2.41 bits per heavy atom. The van der Waals surface area contributed by atoms with Crippen molar-refractivity contribution in [2.75, 3.05) is 18.2 Å². The van der Waals surface area contributed by atoms with E-state index in [1.54, 1.807) is 0 Å². The Morgan fingerprint density at radius 2 is 1.86 bits per heavy atom. The van der Waals surface area contributed by atoms with Gasteiger partial charge in [-0.2, -0.15) is 0 Å². The van der Waals surface area contributed by atoms with Crippen LogP contribution in [0.25, 0.3) is 0 Å². The fraction of sp³-hybridized carbons (Fsp3) is 0.176. The first-order valence-corrected chi connectivity index (χ1v) is 10.6. The number of hydrogen-bond donors (Lipinski definition) is 2. The summed E-state index contributed by atoms with van der Waals surface area (Å²) in [6.45, 7) is 0. The number of thioether (sulfide) groups is 1. The Balaban J connectivity index is 2.15. The number of carbonyl (C=O) groups is 2. The van der Waals surface area contributed by atoms with Gasteiger partial charge in [0, 0.05) is 23.1 Å². The van der Waals surface area contributed by atoms with Gasteiger partial charge >= 0.3 is 5.97 Å². The number of amides is 1. The lowest BCUT2D eigenvalue weighted by atomic mass is 10.2. The molecule has 2 aromatic carbocycles. The van der Waals surface area contributed by atoms with E-state index in [4.69, 9.17) is 5.14 Å². The number of nitrogens with two attached hydrogens (primary N) is 1. The summed E-state index contributed by atoms with van der Waals surface area (Å²) < 4.78 is 27.0. The predicted molar refractivity (Wildman–Crippen MR) is 106 cm³/mol. The van der Waals surface area contributed by atoms with Crippen LogP contribution in [-0.4, -0.2) is 38.1 Å². The van der Waals surface area contributed by atoms with Crippen LogP contribution in [-0.2, 0) is 19.6 Å². The molecule has 0 aromatic heterocycles. The van der Waals surface area contributed by atoms with Gasteiger partial charge < -0.3 is 10.1 Å². The molecule has 12 heteroatoms. The summed E-state index contributed by atoms with van der Waals surface area (Å²) in [5.74, 6) is -0.748. The van der Waals surface area contributed by atoms with E-state index < -0.39 is 26.8 Å². The molecule has 0 atom stereocenters. The second-order valence-corrected chi connectivity index (χ2v) is 8.34. The third-order valence-corrected chi connectivity index (χ3v) is 5.64. The average molecular weight is 439 g/mol. The first-order valence-electron chi connectivity index (χ1n) is 8.04. The zero-order valence-corrected chi connectivity index (χ0v) is 16.8. The molecule has 0 unspecified atom stereocenters. The highest BCUT2D eigenvalue weighted by atomic mass is 32.2. The van der Waals surface area contributed by atoms with Crippen molar-refractivity contribution in [3.05, 3.63) is 58.1 Å². The van der Waals surface area contributed by atoms with Gasteiger partial charge in [0.05, 0.1) is 28.2 Å². The molecule has 1 amide bonds. The number of hydrogen-bond acceptors (Lipinski definition) is 8.